The van der Waals surface area contributed by atoms with Gasteiger partial charge in [0.2, 0.25) is 5.78 Å². The first-order valence-corrected chi connectivity index (χ1v) is 14.6. The van der Waals surface area contributed by atoms with Gasteiger partial charge in [-0.2, -0.15) is 0 Å². The molecule has 0 spiro atoms. The summed E-state index contributed by atoms with van der Waals surface area (Å²) < 4.78 is 13.2. The lowest BCUT2D eigenvalue weighted by molar-refractivity contribution is 0.665. The van der Waals surface area contributed by atoms with Crippen LogP contribution >= 0.6 is 0 Å². The molecule has 0 amide bonds. The molecule has 43 heavy (non-hydrogen) atoms. The third-order valence-electron chi connectivity index (χ3n) is 8.96. The molecule has 4 aromatic heterocycles. The molecule has 0 atom stereocenters. The zero-order chi connectivity index (χ0) is 28.2. The number of hydrogen-bond donors (Lipinski definition) is 0. The molecule has 0 aliphatic heterocycles. The minimum Gasteiger partial charge on any atom is -0.456 e. The maximum Gasteiger partial charge on any atom is 0.220 e. The van der Waals surface area contributed by atoms with Crippen molar-refractivity contribution in [1.29, 1.82) is 0 Å². The molecule has 0 bridgehead atoms. The number of imidazole rings is 2. The summed E-state index contributed by atoms with van der Waals surface area (Å²) in [5.41, 5.74) is 11.8. The Hall–Kier alpha value is -5.81. The maximum atomic E-state index is 6.26. The van der Waals surface area contributed by atoms with Crippen LogP contribution in [0.15, 0.2) is 132 Å². The Morgan fingerprint density at radius 3 is 1.95 bits per heavy atom. The predicted octanol–water partition coefficient (Wildman–Crippen LogP) is 9.74. The summed E-state index contributed by atoms with van der Waals surface area (Å²) >= 11 is 0. The smallest absolute Gasteiger partial charge is 0.220 e. The molecule has 5 nitrogen and oxygen atoms in total. The van der Waals surface area contributed by atoms with Gasteiger partial charge in [0.15, 0.2) is 0 Å². The Bertz CT molecular complexity index is 2700. The Labute approximate surface area is 245 Å². The minimum absolute atomic E-state index is 0.888. The Kier molecular flexibility index (Phi) is 4.32. The summed E-state index contributed by atoms with van der Waals surface area (Å²) in [7, 11) is 0. The van der Waals surface area contributed by atoms with E-state index in [2.05, 4.69) is 148 Å². The van der Waals surface area contributed by atoms with Crippen molar-refractivity contribution in [2.24, 2.45) is 0 Å². The van der Waals surface area contributed by atoms with Crippen LogP contribution in [-0.4, -0.2) is 18.5 Å². The van der Waals surface area contributed by atoms with Crippen LogP contribution in [0.5, 0.6) is 0 Å². The fourth-order valence-corrected chi connectivity index (χ4v) is 7.05. The zero-order valence-electron chi connectivity index (χ0n) is 23.3. The van der Waals surface area contributed by atoms with Gasteiger partial charge in [-0.3, -0.25) is 8.97 Å². The normalized spacial score (nSPS) is 12.3. The van der Waals surface area contributed by atoms with Gasteiger partial charge in [0.25, 0.3) is 0 Å². The average molecular weight is 553 g/mol. The van der Waals surface area contributed by atoms with Crippen molar-refractivity contribution in [3.05, 3.63) is 133 Å². The molecule has 5 heteroatoms. The lowest BCUT2D eigenvalue weighted by atomic mass is 10.1. The minimum atomic E-state index is 0.888. The van der Waals surface area contributed by atoms with Crippen LogP contribution in [0, 0.1) is 6.92 Å². The van der Waals surface area contributed by atoms with E-state index >= 15 is 0 Å². The van der Waals surface area contributed by atoms with E-state index in [0.29, 0.717) is 0 Å². The van der Waals surface area contributed by atoms with E-state index in [1.165, 1.54) is 21.8 Å². The summed E-state index contributed by atoms with van der Waals surface area (Å²) in [6, 6.07) is 45.2. The largest absolute Gasteiger partial charge is 0.456 e. The van der Waals surface area contributed by atoms with E-state index < -0.39 is 0 Å². The number of rotatable bonds is 2. The van der Waals surface area contributed by atoms with Crippen LogP contribution < -0.4 is 0 Å². The number of nitrogens with zero attached hydrogens (tertiary/aromatic N) is 4. The summed E-state index contributed by atoms with van der Waals surface area (Å²) in [5.74, 6) is 0.888. The first-order valence-electron chi connectivity index (χ1n) is 14.6. The average Bonchev–Trinajstić information content (AvgIpc) is 3.78. The second kappa shape index (κ2) is 8.14. The van der Waals surface area contributed by atoms with E-state index in [1.807, 2.05) is 0 Å². The molecule has 0 unspecified atom stereocenters. The van der Waals surface area contributed by atoms with Gasteiger partial charge in [-0.15, -0.1) is 0 Å². The van der Waals surface area contributed by atoms with Crippen molar-refractivity contribution in [2.75, 3.05) is 0 Å². The molecule has 10 aromatic rings. The highest BCUT2D eigenvalue weighted by Crippen LogP contribution is 2.36. The van der Waals surface area contributed by atoms with E-state index in [9.17, 15) is 0 Å². The number of benzene rings is 6. The lowest BCUT2D eigenvalue weighted by Gasteiger charge is -2.08. The topological polar surface area (TPSA) is 40.3 Å². The number of aromatic nitrogens is 4. The zero-order valence-corrected chi connectivity index (χ0v) is 23.3. The molecule has 6 aromatic carbocycles. The molecule has 4 heterocycles. The van der Waals surface area contributed by atoms with Crippen LogP contribution in [0.1, 0.15) is 5.56 Å². The quantitative estimate of drug-likeness (QED) is 0.214. The van der Waals surface area contributed by atoms with Gasteiger partial charge in [-0.05, 0) is 73.2 Å². The van der Waals surface area contributed by atoms with E-state index in [0.717, 1.165) is 66.7 Å². The molecule has 0 aliphatic carbocycles. The third-order valence-corrected chi connectivity index (χ3v) is 8.96. The van der Waals surface area contributed by atoms with Crippen LogP contribution in [0.4, 0.5) is 0 Å². The van der Waals surface area contributed by atoms with Crippen molar-refractivity contribution in [2.45, 2.75) is 6.92 Å². The van der Waals surface area contributed by atoms with Gasteiger partial charge >= 0.3 is 0 Å². The lowest BCUT2D eigenvalue weighted by Crippen LogP contribution is -1.94. The molecular formula is C38H24N4O. The second-order valence-corrected chi connectivity index (χ2v) is 11.3. The highest BCUT2D eigenvalue weighted by molar-refractivity contribution is 6.10. The molecule has 0 radical (unpaired) electrons. The highest BCUT2D eigenvalue weighted by atomic mass is 16.3. The van der Waals surface area contributed by atoms with Crippen molar-refractivity contribution in [3.63, 3.8) is 0 Å². The number of furan rings is 1. The molecule has 0 saturated carbocycles. The van der Waals surface area contributed by atoms with E-state index in [1.54, 1.807) is 0 Å². The predicted molar refractivity (Wildman–Crippen MR) is 176 cm³/mol. The first-order chi connectivity index (χ1) is 21.2. The SMILES string of the molecule is Cc1cccc2c1oc1ccc(-n3c4ccccc4n4c5cc(-n6c7ccccc7c7ccccc76)ccc5nc34)cc12. The third kappa shape index (κ3) is 2.98. The Balaban J connectivity index is 1.27. The maximum absolute atomic E-state index is 6.26. The summed E-state index contributed by atoms with van der Waals surface area (Å²) in [4.78, 5) is 5.21. The molecule has 0 N–H and O–H groups in total. The van der Waals surface area contributed by atoms with E-state index in [4.69, 9.17) is 9.40 Å². The van der Waals surface area contributed by atoms with Gasteiger partial charge < -0.3 is 8.98 Å². The van der Waals surface area contributed by atoms with E-state index in [-0.39, 0.29) is 0 Å². The first kappa shape index (κ1) is 22.8. The number of fused-ring (bicyclic) bond motifs is 11. The van der Waals surface area contributed by atoms with Gasteiger partial charge in [0, 0.05) is 27.2 Å². The molecule has 0 fully saturated rings. The van der Waals surface area contributed by atoms with Crippen molar-refractivity contribution < 1.29 is 4.42 Å². The van der Waals surface area contributed by atoms with Gasteiger partial charge in [-0.25, -0.2) is 4.98 Å². The standard InChI is InChI=1S/C38H24N4O/c1-23-9-8-12-28-29-21-24(18-20-36(29)43-37(23)28)41-33-15-6-7-16-34(33)42-35-22-25(17-19-30(35)39-38(41)42)40-31-13-4-2-10-26(31)27-11-3-5-14-32(27)40/h2-22H,1H3. The fourth-order valence-electron chi connectivity index (χ4n) is 7.05. The highest BCUT2D eigenvalue weighted by Gasteiger charge is 2.20. The molecule has 0 aliphatic rings. The van der Waals surface area contributed by atoms with Crippen LogP contribution in [0.25, 0.3) is 83.0 Å². The van der Waals surface area contributed by atoms with Crippen LogP contribution in [0.2, 0.25) is 0 Å². The molecule has 10 rings (SSSR count). The molecular weight excluding hydrogens is 528 g/mol. The second-order valence-electron chi connectivity index (χ2n) is 11.3. The van der Waals surface area contributed by atoms with Crippen molar-refractivity contribution in [1.82, 2.24) is 18.5 Å². The van der Waals surface area contributed by atoms with Crippen LogP contribution in [0.3, 0.4) is 0 Å². The van der Waals surface area contributed by atoms with Gasteiger partial charge in [-0.1, -0.05) is 66.7 Å². The van der Waals surface area contributed by atoms with Crippen LogP contribution in [-0.2, 0) is 0 Å². The monoisotopic (exact) mass is 552 g/mol. The summed E-state index contributed by atoms with van der Waals surface area (Å²) in [6.45, 7) is 2.10. The fraction of sp³-hybridized carbons (Fsp3) is 0.0263. The summed E-state index contributed by atoms with van der Waals surface area (Å²) in [6.07, 6.45) is 0. The molecule has 202 valence electrons. The number of hydrogen-bond acceptors (Lipinski definition) is 2. The van der Waals surface area contributed by atoms with Crippen molar-refractivity contribution in [3.8, 4) is 11.4 Å². The number of aryl methyl sites for hydroxylation is 1. The Morgan fingerprint density at radius 2 is 1.16 bits per heavy atom. The molecule has 0 saturated heterocycles. The van der Waals surface area contributed by atoms with Gasteiger partial charge in [0.1, 0.15) is 11.2 Å². The van der Waals surface area contributed by atoms with Gasteiger partial charge in [0.05, 0.1) is 38.8 Å². The Morgan fingerprint density at radius 1 is 0.512 bits per heavy atom. The number of para-hydroxylation sites is 5. The van der Waals surface area contributed by atoms with Crippen molar-refractivity contribution >= 4 is 71.6 Å². The summed E-state index contributed by atoms with van der Waals surface area (Å²) in [5, 5.41) is 4.75.